The van der Waals surface area contributed by atoms with Crippen molar-refractivity contribution < 1.29 is 19.4 Å². The van der Waals surface area contributed by atoms with Gasteiger partial charge >= 0.3 is 11.9 Å². The first kappa shape index (κ1) is 11.4. The molecule has 4 heteroatoms. The maximum Gasteiger partial charge on any atom is 0.331 e. The van der Waals surface area contributed by atoms with Crippen molar-refractivity contribution in [2.75, 3.05) is 6.61 Å². The van der Waals surface area contributed by atoms with E-state index in [4.69, 9.17) is 5.11 Å². The normalized spacial score (nSPS) is 9.69. The van der Waals surface area contributed by atoms with Crippen LogP contribution in [0.5, 0.6) is 0 Å². The molecule has 0 aromatic heterocycles. The fraction of sp³-hybridized carbons (Fsp3) is 0.333. The zero-order chi connectivity index (χ0) is 10.3. The summed E-state index contributed by atoms with van der Waals surface area (Å²) in [6.07, 6.45) is 3.35. The van der Waals surface area contributed by atoms with Gasteiger partial charge in [0.1, 0.15) is 6.61 Å². The van der Waals surface area contributed by atoms with E-state index in [1.54, 1.807) is 6.08 Å². The van der Waals surface area contributed by atoms with Crippen LogP contribution in [0.25, 0.3) is 0 Å². The Morgan fingerprint density at radius 1 is 1.31 bits per heavy atom. The third kappa shape index (κ3) is 8.33. The van der Waals surface area contributed by atoms with Crippen LogP contribution in [0.3, 0.4) is 0 Å². The van der Waals surface area contributed by atoms with E-state index < -0.39 is 11.9 Å². The number of aliphatic carboxylic acids is 1. The van der Waals surface area contributed by atoms with Crippen molar-refractivity contribution in [1.29, 1.82) is 0 Å². The highest BCUT2D eigenvalue weighted by atomic mass is 16.5. The molecule has 0 unspecified atom stereocenters. The molecular formula is C9H12O4. The fourth-order valence-corrected chi connectivity index (χ4v) is 0.478. The van der Waals surface area contributed by atoms with E-state index in [-0.39, 0.29) is 6.61 Å². The molecule has 0 spiro atoms. The highest BCUT2D eigenvalue weighted by Crippen LogP contribution is 1.89. The molecule has 1 N–H and O–H groups in total. The number of esters is 1. The second kappa shape index (κ2) is 5.99. The SMILES string of the molecule is CC(C)=CCOC(=O)/C=C/C(=O)O. The standard InChI is InChI=1S/C9H12O4/c1-7(2)5-6-13-9(12)4-3-8(10)11/h3-5H,6H2,1-2H3,(H,10,11)/b4-3+. The Balaban J connectivity index is 3.77. The molecule has 0 aromatic rings. The number of hydrogen-bond donors (Lipinski definition) is 1. The first-order valence-corrected chi connectivity index (χ1v) is 3.73. The molecule has 0 amide bonds. The Bertz CT molecular complexity index is 246. The molecule has 13 heavy (non-hydrogen) atoms. The number of carbonyl (C=O) groups excluding carboxylic acids is 1. The molecule has 0 bridgehead atoms. The number of carbonyl (C=O) groups is 2. The molecule has 4 nitrogen and oxygen atoms in total. The highest BCUT2D eigenvalue weighted by molar-refractivity contribution is 5.90. The third-order valence-corrected chi connectivity index (χ3v) is 1.08. The van der Waals surface area contributed by atoms with Gasteiger partial charge in [0, 0.05) is 12.2 Å². The molecular weight excluding hydrogens is 172 g/mol. The maximum absolute atomic E-state index is 10.7. The summed E-state index contributed by atoms with van der Waals surface area (Å²) in [5.41, 5.74) is 1.04. The van der Waals surface area contributed by atoms with E-state index in [0.29, 0.717) is 0 Å². The summed E-state index contributed by atoms with van der Waals surface area (Å²) >= 11 is 0. The van der Waals surface area contributed by atoms with Gasteiger partial charge in [-0.25, -0.2) is 9.59 Å². The third-order valence-electron chi connectivity index (χ3n) is 1.08. The highest BCUT2D eigenvalue weighted by Gasteiger charge is 1.95. The smallest absolute Gasteiger partial charge is 0.331 e. The molecule has 0 radical (unpaired) electrons. The minimum Gasteiger partial charge on any atom is -0.478 e. The summed E-state index contributed by atoms with van der Waals surface area (Å²) in [6.45, 7) is 3.92. The van der Waals surface area contributed by atoms with Crippen molar-refractivity contribution in [3.8, 4) is 0 Å². The van der Waals surface area contributed by atoms with E-state index in [0.717, 1.165) is 17.7 Å². The molecule has 0 atom stereocenters. The number of carboxylic acid groups (broad SMARTS) is 1. The lowest BCUT2D eigenvalue weighted by atomic mass is 10.3. The number of rotatable bonds is 4. The van der Waals surface area contributed by atoms with Crippen LogP contribution < -0.4 is 0 Å². The number of allylic oxidation sites excluding steroid dienone is 1. The molecule has 0 rings (SSSR count). The lowest BCUT2D eigenvalue weighted by molar-refractivity contribution is -0.137. The fourth-order valence-electron chi connectivity index (χ4n) is 0.478. The molecule has 72 valence electrons. The average Bonchev–Trinajstić information content (AvgIpc) is 2.00. The zero-order valence-electron chi connectivity index (χ0n) is 7.61. The van der Waals surface area contributed by atoms with Gasteiger partial charge in [-0.1, -0.05) is 5.57 Å². The van der Waals surface area contributed by atoms with Crippen LogP contribution in [0.4, 0.5) is 0 Å². The summed E-state index contributed by atoms with van der Waals surface area (Å²) in [4.78, 5) is 20.7. The summed E-state index contributed by atoms with van der Waals surface area (Å²) in [5, 5.41) is 8.17. The average molecular weight is 184 g/mol. The Kier molecular flexibility index (Phi) is 5.27. The Hall–Kier alpha value is -1.58. The molecule has 0 aliphatic carbocycles. The summed E-state index contributed by atoms with van der Waals surface area (Å²) < 4.78 is 4.64. The van der Waals surface area contributed by atoms with Crippen molar-refractivity contribution >= 4 is 11.9 Å². The predicted octanol–water partition coefficient (Wildman–Crippen LogP) is 1.14. The molecule has 0 aliphatic rings. The number of carboxylic acids is 1. The second-order valence-electron chi connectivity index (χ2n) is 2.58. The second-order valence-corrected chi connectivity index (χ2v) is 2.58. The number of hydrogen-bond acceptors (Lipinski definition) is 3. The molecule has 0 saturated carbocycles. The van der Waals surface area contributed by atoms with Gasteiger partial charge in [0.15, 0.2) is 0 Å². The van der Waals surface area contributed by atoms with Crippen molar-refractivity contribution in [1.82, 2.24) is 0 Å². The molecule has 0 heterocycles. The van der Waals surface area contributed by atoms with Crippen molar-refractivity contribution in [2.24, 2.45) is 0 Å². The topological polar surface area (TPSA) is 63.6 Å². The van der Waals surface area contributed by atoms with E-state index in [1.165, 1.54) is 0 Å². The Morgan fingerprint density at radius 2 is 1.92 bits per heavy atom. The van der Waals surface area contributed by atoms with Gasteiger partial charge in [0.2, 0.25) is 0 Å². The quantitative estimate of drug-likeness (QED) is 0.404. The predicted molar refractivity (Wildman–Crippen MR) is 47.2 cm³/mol. The van der Waals surface area contributed by atoms with E-state index in [2.05, 4.69) is 4.74 Å². The van der Waals surface area contributed by atoms with Crippen LogP contribution in [0.15, 0.2) is 23.8 Å². The first-order chi connectivity index (χ1) is 6.02. The van der Waals surface area contributed by atoms with Gasteiger partial charge in [-0.3, -0.25) is 0 Å². The molecule has 0 saturated heterocycles. The lowest BCUT2D eigenvalue weighted by Gasteiger charge is -1.96. The van der Waals surface area contributed by atoms with Crippen molar-refractivity contribution in [3.63, 3.8) is 0 Å². The van der Waals surface area contributed by atoms with Crippen molar-refractivity contribution in [2.45, 2.75) is 13.8 Å². The van der Waals surface area contributed by atoms with Crippen LogP contribution in [-0.2, 0) is 14.3 Å². The number of ether oxygens (including phenoxy) is 1. The minimum atomic E-state index is -1.17. The van der Waals surface area contributed by atoms with Gasteiger partial charge < -0.3 is 9.84 Å². The molecule has 0 aromatic carbocycles. The van der Waals surface area contributed by atoms with Gasteiger partial charge in [-0.05, 0) is 19.9 Å². The van der Waals surface area contributed by atoms with Gasteiger partial charge in [0.25, 0.3) is 0 Å². The lowest BCUT2D eigenvalue weighted by Crippen LogP contribution is -2.01. The van der Waals surface area contributed by atoms with Crippen molar-refractivity contribution in [3.05, 3.63) is 23.8 Å². The summed E-state index contributed by atoms with van der Waals surface area (Å²) in [5.74, 6) is -1.82. The van der Waals surface area contributed by atoms with Gasteiger partial charge in [-0.2, -0.15) is 0 Å². The Morgan fingerprint density at radius 3 is 2.38 bits per heavy atom. The Labute approximate surface area is 76.5 Å². The summed E-state index contributed by atoms with van der Waals surface area (Å²) in [7, 11) is 0. The molecule has 0 aliphatic heterocycles. The summed E-state index contributed by atoms with van der Waals surface area (Å²) in [6, 6.07) is 0. The van der Waals surface area contributed by atoms with E-state index >= 15 is 0 Å². The van der Waals surface area contributed by atoms with E-state index in [9.17, 15) is 9.59 Å². The van der Waals surface area contributed by atoms with Crippen LogP contribution in [-0.4, -0.2) is 23.7 Å². The van der Waals surface area contributed by atoms with Gasteiger partial charge in [0.05, 0.1) is 0 Å². The van der Waals surface area contributed by atoms with E-state index in [1.807, 2.05) is 13.8 Å². The van der Waals surface area contributed by atoms with Crippen LogP contribution in [0, 0.1) is 0 Å². The molecule has 0 fully saturated rings. The largest absolute Gasteiger partial charge is 0.478 e. The van der Waals surface area contributed by atoms with Crippen LogP contribution >= 0.6 is 0 Å². The monoisotopic (exact) mass is 184 g/mol. The van der Waals surface area contributed by atoms with Crippen LogP contribution in [0.1, 0.15) is 13.8 Å². The zero-order valence-corrected chi connectivity index (χ0v) is 7.61. The van der Waals surface area contributed by atoms with Gasteiger partial charge in [-0.15, -0.1) is 0 Å². The van der Waals surface area contributed by atoms with Crippen LogP contribution in [0.2, 0.25) is 0 Å². The maximum atomic E-state index is 10.7. The first-order valence-electron chi connectivity index (χ1n) is 3.73. The minimum absolute atomic E-state index is 0.172.